The first-order valence-corrected chi connectivity index (χ1v) is 12.4. The van der Waals surface area contributed by atoms with Crippen molar-refractivity contribution in [1.82, 2.24) is 0 Å². The number of ether oxygens (including phenoxy) is 3. The van der Waals surface area contributed by atoms with Gasteiger partial charge in [0, 0.05) is 11.8 Å². The van der Waals surface area contributed by atoms with E-state index in [9.17, 15) is 13.2 Å². The summed E-state index contributed by atoms with van der Waals surface area (Å²) in [5.74, 6) is 1.14. The number of anilines is 2. The number of rotatable bonds is 9. The van der Waals surface area contributed by atoms with Crippen molar-refractivity contribution in [1.29, 1.82) is 0 Å². The summed E-state index contributed by atoms with van der Waals surface area (Å²) in [5.41, 5.74) is 3.81. The van der Waals surface area contributed by atoms with Crippen LogP contribution >= 0.6 is 0 Å². The Morgan fingerprint density at radius 1 is 0.886 bits per heavy atom. The molecule has 186 valence electrons. The molecule has 0 bridgehead atoms. The van der Waals surface area contributed by atoms with Crippen LogP contribution in [0.1, 0.15) is 23.6 Å². The third kappa shape index (κ3) is 6.24. The average Bonchev–Trinajstić information content (AvgIpc) is 2.82. The summed E-state index contributed by atoms with van der Waals surface area (Å²) in [7, 11) is -0.973. The molecule has 0 aromatic heterocycles. The van der Waals surface area contributed by atoms with Crippen molar-refractivity contribution < 1.29 is 27.4 Å². The molecule has 0 unspecified atom stereocenters. The molecular formula is C26H30N2O6S. The van der Waals surface area contributed by atoms with Gasteiger partial charge in [0.05, 0.1) is 24.8 Å². The number of hydrogen-bond acceptors (Lipinski definition) is 6. The Hall–Kier alpha value is -3.72. The minimum absolute atomic E-state index is 0.0236. The Morgan fingerprint density at radius 2 is 1.57 bits per heavy atom. The molecule has 0 spiro atoms. The maximum absolute atomic E-state index is 12.9. The van der Waals surface area contributed by atoms with Gasteiger partial charge in [-0.05, 0) is 86.8 Å². The Kier molecular flexibility index (Phi) is 7.91. The van der Waals surface area contributed by atoms with Crippen LogP contribution in [0.4, 0.5) is 11.4 Å². The van der Waals surface area contributed by atoms with Crippen molar-refractivity contribution >= 4 is 27.3 Å². The fourth-order valence-electron chi connectivity index (χ4n) is 3.43. The van der Waals surface area contributed by atoms with E-state index in [1.54, 1.807) is 19.1 Å². The number of amides is 1. The first kappa shape index (κ1) is 25.9. The number of sulfonamides is 1. The van der Waals surface area contributed by atoms with Gasteiger partial charge in [-0.2, -0.15) is 0 Å². The zero-order chi connectivity index (χ0) is 25.8. The van der Waals surface area contributed by atoms with Crippen LogP contribution in [0.2, 0.25) is 0 Å². The number of hydrogen-bond donors (Lipinski definition) is 2. The molecular weight excluding hydrogens is 468 g/mol. The number of aryl methyl sites for hydroxylation is 2. The van der Waals surface area contributed by atoms with Crippen molar-refractivity contribution in [3.63, 3.8) is 0 Å². The van der Waals surface area contributed by atoms with Crippen LogP contribution in [0.3, 0.4) is 0 Å². The van der Waals surface area contributed by atoms with Crippen LogP contribution in [-0.2, 0) is 14.8 Å². The van der Waals surface area contributed by atoms with E-state index in [1.807, 2.05) is 26.8 Å². The SMILES string of the molecule is COc1ccc(OC)c(NS(=O)(=O)c2ccc(NC(=O)[C@@H](C)Oc3cc(C)cc(C)c3C)cc2)c1. The fourth-order valence-corrected chi connectivity index (χ4v) is 4.49. The van der Waals surface area contributed by atoms with E-state index >= 15 is 0 Å². The lowest BCUT2D eigenvalue weighted by Crippen LogP contribution is -2.30. The molecule has 0 saturated carbocycles. The van der Waals surface area contributed by atoms with Crippen molar-refractivity contribution in [3.8, 4) is 17.2 Å². The zero-order valence-corrected chi connectivity index (χ0v) is 21.4. The van der Waals surface area contributed by atoms with Crippen LogP contribution in [-0.4, -0.2) is 34.6 Å². The lowest BCUT2D eigenvalue weighted by molar-refractivity contribution is -0.122. The van der Waals surface area contributed by atoms with E-state index in [0.29, 0.717) is 22.9 Å². The Bertz CT molecular complexity index is 1320. The minimum Gasteiger partial charge on any atom is -0.497 e. The van der Waals surface area contributed by atoms with Gasteiger partial charge < -0.3 is 19.5 Å². The average molecular weight is 499 g/mol. The largest absolute Gasteiger partial charge is 0.497 e. The fraction of sp³-hybridized carbons (Fsp3) is 0.269. The Labute approximate surface area is 206 Å². The van der Waals surface area contributed by atoms with Gasteiger partial charge in [-0.3, -0.25) is 9.52 Å². The van der Waals surface area contributed by atoms with E-state index in [1.165, 1.54) is 44.6 Å². The third-order valence-electron chi connectivity index (χ3n) is 5.52. The topological polar surface area (TPSA) is 103 Å². The lowest BCUT2D eigenvalue weighted by Gasteiger charge is -2.18. The summed E-state index contributed by atoms with van der Waals surface area (Å²) < 4.78 is 44.6. The second-order valence-electron chi connectivity index (χ2n) is 8.15. The summed E-state index contributed by atoms with van der Waals surface area (Å²) in [5, 5.41) is 2.76. The number of nitrogens with one attached hydrogen (secondary N) is 2. The molecule has 0 heterocycles. The lowest BCUT2D eigenvalue weighted by atomic mass is 10.1. The smallest absolute Gasteiger partial charge is 0.265 e. The molecule has 2 N–H and O–H groups in total. The molecule has 3 rings (SSSR count). The summed E-state index contributed by atoms with van der Waals surface area (Å²) in [6, 6.07) is 14.6. The predicted octanol–water partition coefficient (Wildman–Crippen LogP) is 4.84. The van der Waals surface area contributed by atoms with Gasteiger partial charge in [-0.1, -0.05) is 6.07 Å². The maximum Gasteiger partial charge on any atom is 0.265 e. The predicted molar refractivity (Wildman–Crippen MR) is 136 cm³/mol. The first-order valence-electron chi connectivity index (χ1n) is 10.9. The van der Waals surface area contributed by atoms with E-state index in [0.717, 1.165) is 16.7 Å². The summed E-state index contributed by atoms with van der Waals surface area (Å²) >= 11 is 0. The molecule has 35 heavy (non-hydrogen) atoms. The number of carbonyl (C=O) groups excluding carboxylic acids is 1. The van der Waals surface area contributed by atoms with Gasteiger partial charge in [-0.15, -0.1) is 0 Å². The quantitative estimate of drug-likeness (QED) is 0.438. The van der Waals surface area contributed by atoms with Crippen molar-refractivity contribution in [2.75, 3.05) is 24.3 Å². The minimum atomic E-state index is -3.91. The molecule has 0 aliphatic rings. The van der Waals surface area contributed by atoms with Crippen LogP contribution in [0.5, 0.6) is 17.2 Å². The van der Waals surface area contributed by atoms with Gasteiger partial charge in [-0.25, -0.2) is 8.42 Å². The Morgan fingerprint density at radius 3 is 2.20 bits per heavy atom. The normalized spacial score (nSPS) is 11.9. The van der Waals surface area contributed by atoms with Gasteiger partial charge in [0.25, 0.3) is 15.9 Å². The summed E-state index contributed by atoms with van der Waals surface area (Å²) in [6.45, 7) is 7.58. The molecule has 3 aromatic carbocycles. The van der Waals surface area contributed by atoms with E-state index in [-0.39, 0.29) is 16.5 Å². The zero-order valence-electron chi connectivity index (χ0n) is 20.6. The second-order valence-corrected chi connectivity index (χ2v) is 9.83. The molecule has 0 aliphatic heterocycles. The number of methoxy groups -OCH3 is 2. The van der Waals surface area contributed by atoms with Gasteiger partial charge in [0.15, 0.2) is 6.10 Å². The molecule has 3 aromatic rings. The maximum atomic E-state index is 12.9. The third-order valence-corrected chi connectivity index (χ3v) is 6.90. The molecule has 1 atom stereocenters. The van der Waals surface area contributed by atoms with Crippen LogP contribution in [0.25, 0.3) is 0 Å². The second kappa shape index (κ2) is 10.7. The first-order chi connectivity index (χ1) is 16.5. The molecule has 0 aliphatic carbocycles. The van der Waals surface area contributed by atoms with E-state index in [2.05, 4.69) is 16.1 Å². The highest BCUT2D eigenvalue weighted by molar-refractivity contribution is 7.92. The molecule has 9 heteroatoms. The van der Waals surface area contributed by atoms with Crippen LogP contribution in [0, 0.1) is 20.8 Å². The standard InChI is InChI=1S/C26H30N2O6S/c1-16-13-17(2)18(3)25(14-16)34-19(4)26(29)27-20-7-10-22(11-8-20)35(30,31)28-23-15-21(32-5)9-12-24(23)33-6/h7-15,19,28H,1-6H3,(H,27,29)/t19-/m1/s1. The van der Waals surface area contributed by atoms with Gasteiger partial charge in [0.2, 0.25) is 0 Å². The van der Waals surface area contributed by atoms with Crippen LogP contribution < -0.4 is 24.2 Å². The number of carbonyl (C=O) groups is 1. The summed E-state index contributed by atoms with van der Waals surface area (Å²) in [4.78, 5) is 12.7. The molecule has 0 radical (unpaired) electrons. The van der Waals surface area contributed by atoms with Crippen molar-refractivity contribution in [2.45, 2.75) is 38.7 Å². The highest BCUT2D eigenvalue weighted by Crippen LogP contribution is 2.31. The Balaban J connectivity index is 1.70. The molecule has 0 saturated heterocycles. The summed E-state index contributed by atoms with van der Waals surface area (Å²) in [6.07, 6.45) is -0.750. The van der Waals surface area contributed by atoms with E-state index < -0.39 is 16.1 Å². The van der Waals surface area contributed by atoms with Crippen LogP contribution in [0.15, 0.2) is 59.5 Å². The van der Waals surface area contributed by atoms with Crippen molar-refractivity contribution in [2.24, 2.45) is 0 Å². The highest BCUT2D eigenvalue weighted by Gasteiger charge is 2.19. The monoisotopic (exact) mass is 498 g/mol. The molecule has 8 nitrogen and oxygen atoms in total. The van der Waals surface area contributed by atoms with E-state index in [4.69, 9.17) is 14.2 Å². The highest BCUT2D eigenvalue weighted by atomic mass is 32.2. The molecule has 1 amide bonds. The van der Waals surface area contributed by atoms with Crippen molar-refractivity contribution in [3.05, 3.63) is 71.3 Å². The van der Waals surface area contributed by atoms with Gasteiger partial charge >= 0.3 is 0 Å². The van der Waals surface area contributed by atoms with Gasteiger partial charge in [0.1, 0.15) is 17.2 Å². The molecule has 0 fully saturated rings. The number of benzene rings is 3.